The zero-order chi connectivity index (χ0) is 17.9. The van der Waals surface area contributed by atoms with Crippen LogP contribution < -0.4 is 5.32 Å². The van der Waals surface area contributed by atoms with Crippen molar-refractivity contribution in [3.8, 4) is 0 Å². The zero-order valence-electron chi connectivity index (χ0n) is 13.6. The first-order valence-electron chi connectivity index (χ1n) is 7.57. The van der Waals surface area contributed by atoms with E-state index in [0.717, 1.165) is 0 Å². The number of nitrogens with one attached hydrogen (secondary N) is 1. The molecule has 1 aliphatic rings. The minimum Gasteiger partial charge on any atom is -0.324 e. The molecule has 24 heavy (non-hydrogen) atoms. The molecule has 1 N–H and O–H groups in total. The lowest BCUT2D eigenvalue weighted by molar-refractivity contribution is -0.117. The Morgan fingerprint density at radius 1 is 1.33 bits per heavy atom. The molecule has 2 rings (SSSR count). The summed E-state index contributed by atoms with van der Waals surface area (Å²) < 4.78 is 24.6. The van der Waals surface area contributed by atoms with Crippen LogP contribution in [0.1, 0.15) is 12.8 Å². The van der Waals surface area contributed by atoms with Gasteiger partial charge in [-0.3, -0.25) is 9.69 Å². The maximum atomic E-state index is 12.2. The van der Waals surface area contributed by atoms with Crippen molar-refractivity contribution in [2.75, 3.05) is 38.3 Å². The molecule has 134 valence electrons. The van der Waals surface area contributed by atoms with Crippen molar-refractivity contribution in [2.45, 2.75) is 18.9 Å². The molecule has 1 aromatic carbocycles. The Balaban J connectivity index is 1.85. The smallest absolute Gasteiger partial charge is 0.238 e. The third-order valence-corrected chi connectivity index (χ3v) is 6.07. The lowest BCUT2D eigenvalue weighted by atomic mass is 10.1. The van der Waals surface area contributed by atoms with E-state index in [1.807, 2.05) is 4.90 Å². The molecule has 1 saturated heterocycles. The van der Waals surface area contributed by atoms with Gasteiger partial charge in [0.05, 0.1) is 23.5 Å². The maximum absolute atomic E-state index is 12.2. The molecule has 0 bridgehead atoms. The van der Waals surface area contributed by atoms with Gasteiger partial charge in [-0.25, -0.2) is 12.7 Å². The van der Waals surface area contributed by atoms with Crippen molar-refractivity contribution < 1.29 is 13.2 Å². The van der Waals surface area contributed by atoms with Crippen molar-refractivity contribution >= 4 is 44.8 Å². The fraction of sp³-hybridized carbons (Fsp3) is 0.533. The van der Waals surface area contributed by atoms with Gasteiger partial charge in [-0.1, -0.05) is 23.2 Å². The fourth-order valence-electron chi connectivity index (χ4n) is 2.70. The molecule has 0 aromatic heterocycles. The van der Waals surface area contributed by atoms with E-state index in [1.165, 1.54) is 10.6 Å². The van der Waals surface area contributed by atoms with Crippen LogP contribution in [0.4, 0.5) is 5.69 Å². The monoisotopic (exact) mass is 393 g/mol. The summed E-state index contributed by atoms with van der Waals surface area (Å²) in [5.74, 6) is -0.172. The number of hydrogen-bond acceptors (Lipinski definition) is 4. The molecule has 0 aliphatic carbocycles. The van der Waals surface area contributed by atoms with Gasteiger partial charge in [-0.05, 0) is 31.0 Å². The first kappa shape index (κ1) is 19.5. The van der Waals surface area contributed by atoms with E-state index in [2.05, 4.69) is 5.32 Å². The van der Waals surface area contributed by atoms with Crippen molar-refractivity contribution in [1.82, 2.24) is 9.21 Å². The van der Waals surface area contributed by atoms with Gasteiger partial charge in [0.15, 0.2) is 0 Å². The molecule has 0 saturated carbocycles. The highest BCUT2D eigenvalue weighted by Crippen LogP contribution is 2.25. The first-order chi connectivity index (χ1) is 11.2. The maximum Gasteiger partial charge on any atom is 0.238 e. The average Bonchev–Trinajstić information content (AvgIpc) is 2.50. The largest absolute Gasteiger partial charge is 0.324 e. The highest BCUT2D eigenvalue weighted by molar-refractivity contribution is 7.88. The molecule has 1 fully saturated rings. The number of rotatable bonds is 5. The molecule has 0 unspecified atom stereocenters. The predicted molar refractivity (Wildman–Crippen MR) is 97.2 cm³/mol. The van der Waals surface area contributed by atoms with Gasteiger partial charge in [-0.2, -0.15) is 0 Å². The number of sulfonamides is 1. The third kappa shape index (κ3) is 5.32. The molecular weight excluding hydrogens is 373 g/mol. The lowest BCUT2D eigenvalue weighted by Crippen LogP contribution is -2.47. The van der Waals surface area contributed by atoms with Crippen LogP contribution >= 0.6 is 23.2 Å². The summed E-state index contributed by atoms with van der Waals surface area (Å²) in [6.45, 7) is 1.57. The van der Waals surface area contributed by atoms with Crippen LogP contribution in [0.25, 0.3) is 0 Å². The number of likely N-dealkylation sites (tertiary alicyclic amines) is 1. The molecule has 0 radical (unpaired) electrons. The second-order valence-corrected chi connectivity index (χ2v) is 8.84. The van der Waals surface area contributed by atoms with Crippen LogP contribution in [-0.4, -0.2) is 62.5 Å². The van der Waals surface area contributed by atoms with Gasteiger partial charge in [0.1, 0.15) is 0 Å². The minimum absolute atomic E-state index is 0.0123. The number of amides is 1. The Morgan fingerprint density at radius 3 is 2.54 bits per heavy atom. The molecule has 0 spiro atoms. The van der Waals surface area contributed by atoms with E-state index in [0.29, 0.717) is 41.7 Å². The topological polar surface area (TPSA) is 69.7 Å². The molecular formula is C15H21Cl2N3O3S. The van der Waals surface area contributed by atoms with E-state index < -0.39 is 10.0 Å². The van der Waals surface area contributed by atoms with Gasteiger partial charge in [0, 0.05) is 31.2 Å². The second-order valence-electron chi connectivity index (χ2n) is 5.96. The quantitative estimate of drug-likeness (QED) is 0.832. The van der Waals surface area contributed by atoms with E-state index in [4.69, 9.17) is 23.2 Å². The first-order valence-corrected chi connectivity index (χ1v) is 10.2. The number of hydrogen-bond donors (Lipinski definition) is 1. The van der Waals surface area contributed by atoms with Crippen LogP contribution in [0.15, 0.2) is 18.2 Å². The van der Waals surface area contributed by atoms with Crippen LogP contribution in [0.2, 0.25) is 10.0 Å². The highest BCUT2D eigenvalue weighted by atomic mass is 35.5. The molecule has 1 aliphatic heterocycles. The average molecular weight is 394 g/mol. The molecule has 6 nitrogen and oxygen atoms in total. The Labute approximate surface area is 152 Å². The fourth-order valence-corrected chi connectivity index (χ4v) is 3.79. The van der Waals surface area contributed by atoms with Crippen LogP contribution in [0.3, 0.4) is 0 Å². The number of carbonyl (C=O) groups excluding carboxylic acids is 1. The zero-order valence-corrected chi connectivity index (χ0v) is 16.0. The molecule has 1 heterocycles. The van der Waals surface area contributed by atoms with Crippen LogP contribution in [-0.2, 0) is 14.8 Å². The molecule has 9 heteroatoms. The van der Waals surface area contributed by atoms with Crippen molar-refractivity contribution in [3.63, 3.8) is 0 Å². The van der Waals surface area contributed by atoms with Crippen LogP contribution in [0, 0.1) is 0 Å². The number of nitrogens with zero attached hydrogens (tertiary/aromatic N) is 2. The normalized spacial score (nSPS) is 17.2. The lowest BCUT2D eigenvalue weighted by Gasteiger charge is -2.35. The minimum atomic E-state index is -3.18. The summed E-state index contributed by atoms with van der Waals surface area (Å²) in [6.07, 6.45) is 2.62. The number of anilines is 1. The van der Waals surface area contributed by atoms with Gasteiger partial charge < -0.3 is 5.32 Å². The number of benzene rings is 1. The Hall–Kier alpha value is -0.860. The number of piperidine rings is 1. The highest BCUT2D eigenvalue weighted by Gasteiger charge is 2.27. The Bertz CT molecular complexity index is 704. The second kappa shape index (κ2) is 8.01. The summed E-state index contributed by atoms with van der Waals surface area (Å²) in [7, 11) is -1.58. The molecule has 0 atom stereocenters. The summed E-state index contributed by atoms with van der Waals surface area (Å²) in [6, 6.07) is 4.88. The van der Waals surface area contributed by atoms with Crippen molar-refractivity contribution in [2.24, 2.45) is 0 Å². The van der Waals surface area contributed by atoms with Gasteiger partial charge >= 0.3 is 0 Å². The SMILES string of the molecule is CN(C1CCN(CC(=O)Nc2cc(Cl)ccc2Cl)CC1)S(C)(=O)=O. The summed E-state index contributed by atoms with van der Waals surface area (Å²) >= 11 is 11.9. The van der Waals surface area contributed by atoms with Gasteiger partial charge in [0.2, 0.25) is 15.9 Å². The number of carbonyl (C=O) groups is 1. The molecule has 1 aromatic rings. The predicted octanol–water partition coefficient (Wildman–Crippen LogP) is 2.29. The molecule has 1 amide bonds. The van der Waals surface area contributed by atoms with Crippen molar-refractivity contribution in [1.29, 1.82) is 0 Å². The summed E-state index contributed by atoms with van der Waals surface area (Å²) in [4.78, 5) is 14.2. The van der Waals surface area contributed by atoms with Gasteiger partial charge in [-0.15, -0.1) is 0 Å². The van der Waals surface area contributed by atoms with E-state index >= 15 is 0 Å². The standard InChI is InChI=1S/C15H21Cl2N3O3S/c1-19(24(2,22)23)12-5-7-20(8-6-12)10-15(21)18-14-9-11(16)3-4-13(14)17/h3-4,9,12H,5-8,10H2,1-2H3,(H,18,21). The van der Waals surface area contributed by atoms with Gasteiger partial charge in [0.25, 0.3) is 0 Å². The van der Waals surface area contributed by atoms with Crippen LogP contribution in [0.5, 0.6) is 0 Å². The van der Waals surface area contributed by atoms with E-state index in [9.17, 15) is 13.2 Å². The third-order valence-electron chi connectivity index (χ3n) is 4.16. The van der Waals surface area contributed by atoms with Crippen molar-refractivity contribution in [3.05, 3.63) is 28.2 Å². The summed E-state index contributed by atoms with van der Waals surface area (Å²) in [5.41, 5.74) is 0.487. The Morgan fingerprint density at radius 2 is 1.96 bits per heavy atom. The Kier molecular flexibility index (Phi) is 6.50. The van der Waals surface area contributed by atoms with E-state index in [-0.39, 0.29) is 18.5 Å². The number of halogens is 2. The van der Waals surface area contributed by atoms with E-state index in [1.54, 1.807) is 25.2 Å². The summed E-state index contributed by atoms with van der Waals surface area (Å²) in [5, 5.41) is 3.68.